The zero-order valence-corrected chi connectivity index (χ0v) is 18.7. The van der Waals surface area contributed by atoms with E-state index in [0.717, 1.165) is 18.2 Å². The van der Waals surface area contributed by atoms with Crippen molar-refractivity contribution < 1.29 is 27.5 Å². The van der Waals surface area contributed by atoms with Crippen molar-refractivity contribution in [1.82, 2.24) is 0 Å². The molecular formula is C25H17ClF3N3O3. The van der Waals surface area contributed by atoms with Crippen molar-refractivity contribution in [3.05, 3.63) is 94.5 Å². The summed E-state index contributed by atoms with van der Waals surface area (Å²) in [5, 5.41) is 14.8. The fourth-order valence-corrected chi connectivity index (χ4v) is 2.99. The zero-order chi connectivity index (χ0) is 25.4. The first kappa shape index (κ1) is 25.3. The summed E-state index contributed by atoms with van der Waals surface area (Å²) in [7, 11) is 0. The van der Waals surface area contributed by atoms with Gasteiger partial charge in [-0.3, -0.25) is 9.59 Å². The monoisotopic (exact) mass is 499 g/mol. The summed E-state index contributed by atoms with van der Waals surface area (Å²) in [6.07, 6.45) is -3.32. The van der Waals surface area contributed by atoms with Crippen molar-refractivity contribution in [2.45, 2.75) is 6.18 Å². The SMILES string of the molecule is N#C/C(=C/c1cccc(OCC(=O)Nc2ccc(Cl)cc2)c1)C(=O)Nc1cccc(C(F)(F)F)c1. The maximum atomic E-state index is 12.9. The van der Waals surface area contributed by atoms with Crippen LogP contribution in [0.5, 0.6) is 5.75 Å². The molecule has 178 valence electrons. The first-order valence-corrected chi connectivity index (χ1v) is 10.4. The third-order valence-corrected chi connectivity index (χ3v) is 4.73. The third kappa shape index (κ3) is 7.62. The number of nitrogens with one attached hydrogen (secondary N) is 2. The number of alkyl halides is 3. The number of ether oxygens (including phenoxy) is 1. The van der Waals surface area contributed by atoms with Gasteiger partial charge in [-0.05, 0) is 66.2 Å². The average molecular weight is 500 g/mol. The standard InChI is InChI=1S/C25H17ClF3N3O3/c26-19-7-9-20(10-8-19)31-23(33)15-35-22-6-1-3-16(12-22)11-17(14-30)24(34)32-21-5-2-4-18(13-21)25(27,28)29/h1-13H,15H2,(H,31,33)(H,32,34)/b17-11-. The van der Waals surface area contributed by atoms with Gasteiger partial charge in [-0.15, -0.1) is 0 Å². The second-order valence-corrected chi connectivity index (χ2v) is 7.56. The Balaban J connectivity index is 1.65. The van der Waals surface area contributed by atoms with Crippen LogP contribution in [-0.4, -0.2) is 18.4 Å². The van der Waals surface area contributed by atoms with Crippen LogP contribution in [0, 0.1) is 11.3 Å². The summed E-state index contributed by atoms with van der Waals surface area (Å²) >= 11 is 5.81. The Hall–Kier alpha value is -4.29. The van der Waals surface area contributed by atoms with Crippen LogP contribution >= 0.6 is 11.6 Å². The van der Waals surface area contributed by atoms with E-state index in [1.807, 2.05) is 0 Å². The molecule has 0 heterocycles. The predicted octanol–water partition coefficient (Wildman–Crippen LogP) is 5.92. The number of nitriles is 1. The van der Waals surface area contributed by atoms with Gasteiger partial charge in [0.05, 0.1) is 5.56 Å². The third-order valence-electron chi connectivity index (χ3n) is 4.48. The van der Waals surface area contributed by atoms with Crippen LogP contribution in [0.25, 0.3) is 6.08 Å². The van der Waals surface area contributed by atoms with Crippen LogP contribution in [-0.2, 0) is 15.8 Å². The lowest BCUT2D eigenvalue weighted by Gasteiger charge is -2.10. The number of halogens is 4. The van der Waals surface area contributed by atoms with E-state index in [9.17, 15) is 28.0 Å². The fourth-order valence-electron chi connectivity index (χ4n) is 2.86. The molecular weight excluding hydrogens is 483 g/mol. The molecule has 0 aliphatic heterocycles. The van der Waals surface area contributed by atoms with Gasteiger partial charge in [-0.25, -0.2) is 0 Å². The number of anilines is 2. The lowest BCUT2D eigenvalue weighted by Crippen LogP contribution is -2.20. The van der Waals surface area contributed by atoms with Gasteiger partial charge in [0.1, 0.15) is 17.4 Å². The minimum Gasteiger partial charge on any atom is -0.484 e. The first-order valence-electron chi connectivity index (χ1n) is 10.0. The van der Waals surface area contributed by atoms with E-state index in [2.05, 4.69) is 10.6 Å². The summed E-state index contributed by atoms with van der Waals surface area (Å²) in [5.74, 6) is -0.979. The van der Waals surface area contributed by atoms with Crippen molar-refractivity contribution in [2.75, 3.05) is 17.2 Å². The molecule has 0 aliphatic carbocycles. The number of carbonyl (C=O) groups excluding carboxylic acids is 2. The largest absolute Gasteiger partial charge is 0.484 e. The van der Waals surface area contributed by atoms with Crippen molar-refractivity contribution in [1.29, 1.82) is 5.26 Å². The maximum absolute atomic E-state index is 12.9. The topological polar surface area (TPSA) is 91.2 Å². The van der Waals surface area contributed by atoms with Gasteiger partial charge in [0.25, 0.3) is 11.8 Å². The Kier molecular flexibility index (Phi) is 8.12. The number of rotatable bonds is 7. The van der Waals surface area contributed by atoms with E-state index >= 15 is 0 Å². The van der Waals surface area contributed by atoms with Crippen LogP contribution in [0.3, 0.4) is 0 Å². The van der Waals surface area contributed by atoms with Crippen molar-refractivity contribution in [2.24, 2.45) is 0 Å². The molecule has 0 unspecified atom stereocenters. The molecule has 0 saturated heterocycles. The molecule has 0 atom stereocenters. The summed E-state index contributed by atoms with van der Waals surface area (Å²) in [6, 6.07) is 18.6. The van der Waals surface area contributed by atoms with Crippen molar-refractivity contribution in [3.63, 3.8) is 0 Å². The highest BCUT2D eigenvalue weighted by Gasteiger charge is 2.30. The van der Waals surface area contributed by atoms with E-state index in [0.29, 0.717) is 22.0 Å². The van der Waals surface area contributed by atoms with E-state index in [4.69, 9.17) is 16.3 Å². The second-order valence-electron chi connectivity index (χ2n) is 7.12. The Bertz CT molecular complexity index is 1300. The van der Waals surface area contributed by atoms with Crippen LogP contribution < -0.4 is 15.4 Å². The molecule has 35 heavy (non-hydrogen) atoms. The normalized spacial score (nSPS) is 11.3. The molecule has 0 spiro atoms. The molecule has 3 rings (SSSR count). The van der Waals surface area contributed by atoms with Gasteiger partial charge in [0.2, 0.25) is 0 Å². The fraction of sp³-hybridized carbons (Fsp3) is 0.0800. The van der Waals surface area contributed by atoms with Gasteiger partial charge in [-0.2, -0.15) is 18.4 Å². The first-order chi connectivity index (χ1) is 16.6. The molecule has 0 aliphatic rings. The Labute approximate surface area is 203 Å². The number of carbonyl (C=O) groups is 2. The highest BCUT2D eigenvalue weighted by Crippen LogP contribution is 2.30. The summed E-state index contributed by atoms with van der Waals surface area (Å²) in [4.78, 5) is 24.5. The second kappa shape index (κ2) is 11.2. The van der Waals surface area contributed by atoms with E-state index in [-0.39, 0.29) is 17.9 Å². The highest BCUT2D eigenvalue weighted by molar-refractivity contribution is 6.30. The molecule has 0 aromatic heterocycles. The molecule has 2 amide bonds. The minimum atomic E-state index is -4.57. The summed E-state index contributed by atoms with van der Waals surface area (Å²) in [6.45, 7) is -0.295. The van der Waals surface area contributed by atoms with Crippen molar-refractivity contribution in [3.8, 4) is 11.8 Å². The Morgan fingerprint density at radius 1 is 0.971 bits per heavy atom. The van der Waals surface area contributed by atoms with Crippen LogP contribution in [0.2, 0.25) is 5.02 Å². The van der Waals surface area contributed by atoms with Gasteiger partial charge < -0.3 is 15.4 Å². The number of amides is 2. The van der Waals surface area contributed by atoms with E-state index in [1.165, 1.54) is 18.2 Å². The lowest BCUT2D eigenvalue weighted by molar-refractivity contribution is -0.137. The lowest BCUT2D eigenvalue weighted by atomic mass is 10.1. The number of nitrogens with zero attached hydrogens (tertiary/aromatic N) is 1. The molecule has 0 bridgehead atoms. The Morgan fingerprint density at radius 3 is 2.37 bits per heavy atom. The molecule has 6 nitrogen and oxygen atoms in total. The van der Waals surface area contributed by atoms with Crippen molar-refractivity contribution >= 4 is 40.9 Å². The zero-order valence-electron chi connectivity index (χ0n) is 17.9. The molecule has 3 aromatic carbocycles. The van der Waals surface area contributed by atoms with Crippen LogP contribution in [0.15, 0.2) is 78.4 Å². The smallest absolute Gasteiger partial charge is 0.416 e. The molecule has 2 N–H and O–H groups in total. The van der Waals surface area contributed by atoms with Crippen LogP contribution in [0.1, 0.15) is 11.1 Å². The molecule has 0 fully saturated rings. The van der Waals surface area contributed by atoms with Crippen LogP contribution in [0.4, 0.5) is 24.5 Å². The molecule has 0 radical (unpaired) electrons. The number of hydrogen-bond acceptors (Lipinski definition) is 4. The van der Waals surface area contributed by atoms with Gasteiger partial charge in [-0.1, -0.05) is 29.8 Å². The summed E-state index contributed by atoms with van der Waals surface area (Å²) in [5.41, 5.74) is -0.404. The van der Waals surface area contributed by atoms with Gasteiger partial charge in [0.15, 0.2) is 6.61 Å². The number of hydrogen-bond donors (Lipinski definition) is 2. The Morgan fingerprint density at radius 2 is 1.69 bits per heavy atom. The minimum absolute atomic E-state index is 0.102. The highest BCUT2D eigenvalue weighted by atomic mass is 35.5. The molecule has 10 heteroatoms. The van der Waals surface area contributed by atoms with E-state index in [1.54, 1.807) is 48.5 Å². The maximum Gasteiger partial charge on any atom is 0.416 e. The number of benzene rings is 3. The molecule has 3 aromatic rings. The van der Waals surface area contributed by atoms with E-state index < -0.39 is 23.6 Å². The average Bonchev–Trinajstić information content (AvgIpc) is 2.82. The van der Waals surface area contributed by atoms with Gasteiger partial charge >= 0.3 is 6.18 Å². The quantitative estimate of drug-likeness (QED) is 0.312. The predicted molar refractivity (Wildman–Crippen MR) is 126 cm³/mol. The molecule has 0 saturated carbocycles. The van der Waals surface area contributed by atoms with Gasteiger partial charge in [0, 0.05) is 16.4 Å². The summed E-state index contributed by atoms with van der Waals surface area (Å²) < 4.78 is 44.1.